The Kier molecular flexibility index (Phi) is 11.2. The summed E-state index contributed by atoms with van der Waals surface area (Å²) in [6, 6.07) is 0. The van der Waals surface area contributed by atoms with Crippen molar-refractivity contribution < 1.29 is 14.3 Å². The van der Waals surface area contributed by atoms with E-state index in [9.17, 15) is 9.59 Å². The molecular formula is C13H22O3S. The average Bonchev–Trinajstić information content (AvgIpc) is 2.29. The summed E-state index contributed by atoms with van der Waals surface area (Å²) in [4.78, 5) is 22.6. The van der Waals surface area contributed by atoms with Crippen LogP contribution < -0.4 is 0 Å². The number of carbonyl (C=O) groups excluding carboxylic acids is 2. The Morgan fingerprint density at radius 2 is 2.00 bits per heavy atom. The second kappa shape index (κ2) is 11.7. The van der Waals surface area contributed by atoms with Crippen molar-refractivity contribution >= 4 is 23.5 Å². The van der Waals surface area contributed by atoms with E-state index >= 15 is 0 Å². The van der Waals surface area contributed by atoms with Crippen LogP contribution in [0.15, 0.2) is 12.2 Å². The molecule has 0 bridgehead atoms. The summed E-state index contributed by atoms with van der Waals surface area (Å²) in [6.45, 7) is 4.48. The second-order valence-corrected chi connectivity index (χ2v) is 4.76. The number of carbonyl (C=O) groups is 2. The van der Waals surface area contributed by atoms with E-state index in [1.54, 1.807) is 11.8 Å². The van der Waals surface area contributed by atoms with E-state index in [1.807, 2.05) is 12.2 Å². The Labute approximate surface area is 108 Å². The molecular weight excluding hydrogens is 236 g/mol. The maximum Gasteiger partial charge on any atom is 0.313 e. The summed E-state index contributed by atoms with van der Waals surface area (Å²) in [5, 5.41) is 0. The van der Waals surface area contributed by atoms with E-state index in [0.717, 1.165) is 25.0 Å². The van der Waals surface area contributed by atoms with E-state index < -0.39 is 5.97 Å². The summed E-state index contributed by atoms with van der Waals surface area (Å²) in [5.74, 6) is 0.927. The summed E-state index contributed by atoms with van der Waals surface area (Å²) in [5.41, 5.74) is 0. The normalized spacial score (nSPS) is 10.7. The zero-order valence-corrected chi connectivity index (χ0v) is 11.6. The summed E-state index contributed by atoms with van der Waals surface area (Å²) in [7, 11) is 0. The number of ether oxygens (including phenoxy) is 1. The van der Waals surface area contributed by atoms with Gasteiger partial charge in [-0.25, -0.2) is 0 Å². The van der Waals surface area contributed by atoms with Gasteiger partial charge in [0.2, 0.25) is 0 Å². The third-order valence-corrected chi connectivity index (χ3v) is 3.13. The Morgan fingerprint density at radius 3 is 2.65 bits per heavy atom. The van der Waals surface area contributed by atoms with Crippen molar-refractivity contribution in [2.45, 2.75) is 39.5 Å². The number of thioether (sulfide) groups is 1. The molecule has 4 heteroatoms. The first kappa shape index (κ1) is 16.2. The standard InChI is InChI=1S/C13H22O3S/c1-3-5-6-7-8-16-13(15)10-12(14)11-17-9-4-2/h5-6H,3-4,7-11H2,1-2H3/b6-5-. The molecule has 0 aromatic carbocycles. The molecule has 0 aromatic heterocycles. The van der Waals surface area contributed by atoms with Gasteiger partial charge in [0.15, 0.2) is 5.78 Å². The first-order valence-corrected chi connectivity index (χ1v) is 7.26. The Morgan fingerprint density at radius 1 is 1.24 bits per heavy atom. The molecule has 0 spiro atoms. The lowest BCUT2D eigenvalue weighted by atomic mass is 10.3. The van der Waals surface area contributed by atoms with Crippen molar-refractivity contribution in [1.82, 2.24) is 0 Å². The highest BCUT2D eigenvalue weighted by molar-refractivity contribution is 7.99. The molecule has 3 nitrogen and oxygen atoms in total. The van der Waals surface area contributed by atoms with Crippen LogP contribution in [-0.2, 0) is 14.3 Å². The molecule has 0 atom stereocenters. The van der Waals surface area contributed by atoms with Crippen molar-refractivity contribution in [3.05, 3.63) is 12.2 Å². The predicted molar refractivity (Wildman–Crippen MR) is 72.2 cm³/mol. The molecule has 0 amide bonds. The van der Waals surface area contributed by atoms with Gasteiger partial charge < -0.3 is 4.74 Å². The molecule has 0 aliphatic heterocycles. The molecule has 0 fully saturated rings. The van der Waals surface area contributed by atoms with Crippen LogP contribution in [0.4, 0.5) is 0 Å². The van der Waals surface area contributed by atoms with Gasteiger partial charge in [-0.2, -0.15) is 11.8 Å². The highest BCUT2D eigenvalue weighted by atomic mass is 32.2. The maximum absolute atomic E-state index is 11.3. The van der Waals surface area contributed by atoms with Crippen molar-refractivity contribution in [1.29, 1.82) is 0 Å². The lowest BCUT2D eigenvalue weighted by molar-refractivity contribution is -0.145. The van der Waals surface area contributed by atoms with Crippen LogP contribution in [0.1, 0.15) is 39.5 Å². The molecule has 0 radical (unpaired) electrons. The number of hydrogen-bond donors (Lipinski definition) is 0. The average molecular weight is 258 g/mol. The van der Waals surface area contributed by atoms with Crippen molar-refractivity contribution in [3.8, 4) is 0 Å². The van der Waals surface area contributed by atoms with E-state index in [2.05, 4.69) is 13.8 Å². The van der Waals surface area contributed by atoms with Crippen LogP contribution in [-0.4, -0.2) is 29.9 Å². The highest BCUT2D eigenvalue weighted by Crippen LogP contribution is 2.04. The molecule has 0 aliphatic rings. The zero-order chi connectivity index (χ0) is 12.9. The molecule has 0 aliphatic carbocycles. The minimum atomic E-state index is -0.406. The smallest absolute Gasteiger partial charge is 0.313 e. The van der Waals surface area contributed by atoms with E-state index in [1.165, 1.54) is 0 Å². The van der Waals surface area contributed by atoms with Crippen LogP contribution in [0.2, 0.25) is 0 Å². The van der Waals surface area contributed by atoms with Gasteiger partial charge in [-0.05, 0) is 25.0 Å². The fourth-order valence-corrected chi connectivity index (χ4v) is 1.88. The largest absolute Gasteiger partial charge is 0.465 e. The summed E-state index contributed by atoms with van der Waals surface area (Å²) in [6.07, 6.45) is 6.67. The van der Waals surface area contributed by atoms with Gasteiger partial charge >= 0.3 is 5.97 Å². The van der Waals surface area contributed by atoms with Crippen molar-refractivity contribution in [3.63, 3.8) is 0 Å². The molecule has 0 saturated heterocycles. The number of ketones is 1. The minimum absolute atomic E-state index is 0.0439. The molecule has 0 N–H and O–H groups in total. The van der Waals surface area contributed by atoms with Crippen LogP contribution in [0, 0.1) is 0 Å². The minimum Gasteiger partial charge on any atom is -0.465 e. The highest BCUT2D eigenvalue weighted by Gasteiger charge is 2.09. The molecule has 0 saturated carbocycles. The molecule has 0 aromatic rings. The fraction of sp³-hybridized carbons (Fsp3) is 0.692. The summed E-state index contributed by atoms with van der Waals surface area (Å²) < 4.78 is 4.95. The lowest BCUT2D eigenvalue weighted by Gasteiger charge is -2.02. The Bertz CT molecular complexity index is 249. The van der Waals surface area contributed by atoms with Gasteiger partial charge in [0.05, 0.1) is 12.4 Å². The van der Waals surface area contributed by atoms with E-state index in [0.29, 0.717) is 12.4 Å². The Balaban J connectivity index is 3.50. The molecule has 0 unspecified atom stereocenters. The number of rotatable bonds is 10. The van der Waals surface area contributed by atoms with Gasteiger partial charge in [0.1, 0.15) is 6.42 Å². The lowest BCUT2D eigenvalue weighted by Crippen LogP contribution is -2.13. The first-order chi connectivity index (χ1) is 8.20. The molecule has 0 rings (SSSR count). The quantitative estimate of drug-likeness (QED) is 0.261. The zero-order valence-electron chi connectivity index (χ0n) is 10.7. The molecule has 17 heavy (non-hydrogen) atoms. The first-order valence-electron chi connectivity index (χ1n) is 6.10. The van der Waals surface area contributed by atoms with E-state index in [4.69, 9.17) is 4.74 Å². The van der Waals surface area contributed by atoms with Crippen molar-refractivity contribution in [2.24, 2.45) is 0 Å². The van der Waals surface area contributed by atoms with Crippen molar-refractivity contribution in [2.75, 3.05) is 18.1 Å². The van der Waals surface area contributed by atoms with Crippen LogP contribution in [0.25, 0.3) is 0 Å². The third-order valence-electron chi connectivity index (χ3n) is 1.90. The predicted octanol–water partition coefficient (Wildman–Crippen LogP) is 2.99. The molecule has 0 heterocycles. The number of Topliss-reactive ketones (excluding diaryl/α,β-unsaturated/α-hetero) is 1. The third kappa shape index (κ3) is 11.5. The van der Waals surface area contributed by atoms with Gasteiger partial charge in [-0.1, -0.05) is 26.0 Å². The topological polar surface area (TPSA) is 43.4 Å². The second-order valence-electron chi connectivity index (χ2n) is 3.66. The Hall–Kier alpha value is -0.770. The molecule has 98 valence electrons. The fourth-order valence-electron chi connectivity index (χ4n) is 1.12. The van der Waals surface area contributed by atoms with Crippen LogP contribution in [0.5, 0.6) is 0 Å². The van der Waals surface area contributed by atoms with Crippen LogP contribution >= 0.6 is 11.8 Å². The number of esters is 1. The SMILES string of the molecule is CC/C=C\CCOC(=O)CC(=O)CSCCC. The van der Waals surface area contributed by atoms with Gasteiger partial charge in [0, 0.05) is 0 Å². The van der Waals surface area contributed by atoms with Gasteiger partial charge in [-0.15, -0.1) is 0 Å². The maximum atomic E-state index is 11.3. The van der Waals surface area contributed by atoms with E-state index in [-0.39, 0.29) is 12.2 Å². The van der Waals surface area contributed by atoms with Crippen LogP contribution in [0.3, 0.4) is 0 Å². The monoisotopic (exact) mass is 258 g/mol. The number of allylic oxidation sites excluding steroid dienone is 1. The van der Waals surface area contributed by atoms with Gasteiger partial charge in [0.25, 0.3) is 0 Å². The van der Waals surface area contributed by atoms with Gasteiger partial charge in [-0.3, -0.25) is 9.59 Å². The summed E-state index contributed by atoms with van der Waals surface area (Å²) >= 11 is 1.57. The number of hydrogen-bond acceptors (Lipinski definition) is 4.